The zero-order valence-electron chi connectivity index (χ0n) is 15.6. The Morgan fingerprint density at radius 1 is 1.32 bits per heavy atom. The minimum Gasteiger partial charge on any atom is -0.350 e. The molecular formula is C19H20N6OS2. The number of thioether (sulfide) groups is 1. The van der Waals surface area contributed by atoms with Crippen LogP contribution in [0.4, 0.5) is 0 Å². The van der Waals surface area contributed by atoms with E-state index in [0.717, 1.165) is 28.2 Å². The van der Waals surface area contributed by atoms with Gasteiger partial charge in [-0.15, -0.1) is 21.5 Å². The van der Waals surface area contributed by atoms with Gasteiger partial charge in [0.15, 0.2) is 5.16 Å². The number of aromatic nitrogens is 5. The van der Waals surface area contributed by atoms with Gasteiger partial charge in [-0.3, -0.25) is 4.79 Å². The molecule has 0 unspecified atom stereocenters. The highest BCUT2D eigenvalue weighted by Crippen LogP contribution is 2.30. The van der Waals surface area contributed by atoms with E-state index in [1.54, 1.807) is 18.1 Å². The number of thiazole rings is 1. The molecule has 1 aromatic carbocycles. The third kappa shape index (κ3) is 3.67. The lowest BCUT2D eigenvalue weighted by molar-refractivity contribution is 0.0952. The van der Waals surface area contributed by atoms with Crippen LogP contribution in [0, 0.1) is 0 Å². The number of carbonyl (C=O) groups excluding carboxylic acids is 1. The van der Waals surface area contributed by atoms with Crippen molar-refractivity contribution in [3.05, 3.63) is 47.7 Å². The van der Waals surface area contributed by atoms with Crippen LogP contribution in [-0.4, -0.2) is 42.5 Å². The quantitative estimate of drug-likeness (QED) is 0.372. The molecule has 0 bridgehead atoms. The molecule has 4 rings (SSSR count). The highest BCUT2D eigenvalue weighted by Gasteiger charge is 2.16. The van der Waals surface area contributed by atoms with Gasteiger partial charge in [-0.25, -0.2) is 4.98 Å². The molecule has 144 valence electrons. The van der Waals surface area contributed by atoms with Gasteiger partial charge >= 0.3 is 0 Å². The number of para-hydroxylation sites is 1. The molecule has 4 aromatic rings. The Kier molecular flexibility index (Phi) is 5.45. The summed E-state index contributed by atoms with van der Waals surface area (Å²) in [5.41, 5.74) is 2.68. The number of hydrogen-bond acceptors (Lipinski definition) is 6. The van der Waals surface area contributed by atoms with E-state index in [9.17, 15) is 4.79 Å². The van der Waals surface area contributed by atoms with Gasteiger partial charge in [0.2, 0.25) is 0 Å². The lowest BCUT2D eigenvalue weighted by atomic mass is 10.2. The zero-order chi connectivity index (χ0) is 19.5. The summed E-state index contributed by atoms with van der Waals surface area (Å²) in [5, 5.41) is 15.5. The first-order valence-corrected chi connectivity index (χ1v) is 10.8. The number of nitrogens with one attached hydrogen (secondary N) is 1. The highest BCUT2D eigenvalue weighted by atomic mass is 32.2. The van der Waals surface area contributed by atoms with Crippen LogP contribution >= 0.6 is 23.1 Å². The van der Waals surface area contributed by atoms with Crippen molar-refractivity contribution in [3.8, 4) is 10.7 Å². The molecule has 0 aliphatic heterocycles. The Morgan fingerprint density at radius 2 is 2.18 bits per heavy atom. The van der Waals surface area contributed by atoms with Crippen molar-refractivity contribution in [1.29, 1.82) is 0 Å². The van der Waals surface area contributed by atoms with Crippen molar-refractivity contribution in [2.75, 3.05) is 12.3 Å². The van der Waals surface area contributed by atoms with Gasteiger partial charge in [-0.2, -0.15) is 0 Å². The van der Waals surface area contributed by atoms with Gasteiger partial charge in [-0.05, 0) is 19.1 Å². The lowest BCUT2D eigenvalue weighted by Crippen LogP contribution is -2.26. The molecule has 1 amide bonds. The molecule has 0 spiro atoms. The highest BCUT2D eigenvalue weighted by molar-refractivity contribution is 7.99. The summed E-state index contributed by atoms with van der Waals surface area (Å²) in [6.45, 7) is 3.51. The SMILES string of the molecule is CCn1c(-c2nc(C(=O)NCCSc3nncn3C)cs2)cc2ccccc21. The lowest BCUT2D eigenvalue weighted by Gasteiger charge is -2.05. The smallest absolute Gasteiger partial charge is 0.270 e. The van der Waals surface area contributed by atoms with Crippen molar-refractivity contribution >= 4 is 39.9 Å². The molecule has 0 aliphatic carbocycles. The summed E-state index contributed by atoms with van der Waals surface area (Å²) < 4.78 is 4.08. The van der Waals surface area contributed by atoms with Crippen LogP contribution in [0.1, 0.15) is 17.4 Å². The fourth-order valence-electron chi connectivity index (χ4n) is 3.02. The molecule has 28 heavy (non-hydrogen) atoms. The maximum atomic E-state index is 12.4. The van der Waals surface area contributed by atoms with E-state index in [0.29, 0.717) is 12.2 Å². The summed E-state index contributed by atoms with van der Waals surface area (Å²) in [7, 11) is 1.90. The van der Waals surface area contributed by atoms with E-state index < -0.39 is 0 Å². The fourth-order valence-corrected chi connectivity index (χ4v) is 4.59. The van der Waals surface area contributed by atoms with Gasteiger partial charge in [0.1, 0.15) is 17.0 Å². The molecule has 0 saturated heterocycles. The molecule has 0 fully saturated rings. The Balaban J connectivity index is 1.43. The fraction of sp³-hybridized carbons (Fsp3) is 0.263. The second-order valence-corrected chi connectivity index (χ2v) is 8.12. The average Bonchev–Trinajstić information content (AvgIpc) is 3.43. The van der Waals surface area contributed by atoms with Crippen LogP contribution in [-0.2, 0) is 13.6 Å². The van der Waals surface area contributed by atoms with Crippen LogP contribution in [0.3, 0.4) is 0 Å². The number of hydrogen-bond donors (Lipinski definition) is 1. The third-order valence-corrected chi connectivity index (χ3v) is 6.27. The molecule has 0 radical (unpaired) electrons. The minimum atomic E-state index is -0.153. The second kappa shape index (κ2) is 8.15. The number of aryl methyl sites for hydroxylation is 2. The second-order valence-electron chi connectivity index (χ2n) is 6.20. The largest absolute Gasteiger partial charge is 0.350 e. The first-order valence-electron chi connectivity index (χ1n) is 8.96. The summed E-state index contributed by atoms with van der Waals surface area (Å²) in [4.78, 5) is 17.0. The zero-order valence-corrected chi connectivity index (χ0v) is 17.3. The van der Waals surface area contributed by atoms with Crippen molar-refractivity contribution in [2.45, 2.75) is 18.6 Å². The molecule has 0 atom stereocenters. The van der Waals surface area contributed by atoms with Crippen LogP contribution in [0.25, 0.3) is 21.6 Å². The van der Waals surface area contributed by atoms with Gasteiger partial charge in [-0.1, -0.05) is 30.0 Å². The van der Waals surface area contributed by atoms with Crippen LogP contribution < -0.4 is 5.32 Å². The molecule has 0 aliphatic rings. The predicted octanol–water partition coefficient (Wildman–Crippen LogP) is 3.44. The van der Waals surface area contributed by atoms with Crippen molar-refractivity contribution in [3.63, 3.8) is 0 Å². The van der Waals surface area contributed by atoms with E-state index in [1.165, 1.54) is 22.2 Å². The molecule has 3 aromatic heterocycles. The number of benzene rings is 1. The third-order valence-electron chi connectivity index (χ3n) is 4.37. The number of amides is 1. The number of fused-ring (bicyclic) bond motifs is 1. The van der Waals surface area contributed by atoms with E-state index in [-0.39, 0.29) is 5.91 Å². The van der Waals surface area contributed by atoms with Crippen molar-refractivity contribution in [2.24, 2.45) is 7.05 Å². The van der Waals surface area contributed by atoms with Gasteiger partial charge in [0, 0.05) is 42.2 Å². The Labute approximate surface area is 170 Å². The van der Waals surface area contributed by atoms with Gasteiger partial charge in [0.25, 0.3) is 5.91 Å². The van der Waals surface area contributed by atoms with Crippen LogP contribution in [0.2, 0.25) is 0 Å². The van der Waals surface area contributed by atoms with Gasteiger partial charge in [0.05, 0.1) is 5.69 Å². The van der Waals surface area contributed by atoms with Gasteiger partial charge < -0.3 is 14.5 Å². The maximum absolute atomic E-state index is 12.4. The number of rotatable bonds is 7. The average molecular weight is 413 g/mol. The molecule has 1 N–H and O–H groups in total. The summed E-state index contributed by atoms with van der Waals surface area (Å²) in [6, 6.07) is 10.4. The Bertz CT molecular complexity index is 1110. The summed E-state index contributed by atoms with van der Waals surface area (Å²) in [5.74, 6) is 0.569. The molecule has 3 heterocycles. The van der Waals surface area contributed by atoms with Crippen LogP contribution in [0.15, 0.2) is 47.2 Å². The molecule has 9 heteroatoms. The normalized spacial score (nSPS) is 11.2. The predicted molar refractivity (Wildman–Crippen MR) is 113 cm³/mol. The first kappa shape index (κ1) is 18.7. The molecule has 7 nitrogen and oxygen atoms in total. The first-order chi connectivity index (χ1) is 13.7. The summed E-state index contributed by atoms with van der Waals surface area (Å²) >= 11 is 3.05. The number of nitrogens with zero attached hydrogens (tertiary/aromatic N) is 5. The van der Waals surface area contributed by atoms with E-state index in [2.05, 4.69) is 50.2 Å². The monoisotopic (exact) mass is 412 g/mol. The van der Waals surface area contributed by atoms with E-state index >= 15 is 0 Å². The van der Waals surface area contributed by atoms with Crippen molar-refractivity contribution < 1.29 is 4.79 Å². The summed E-state index contributed by atoms with van der Waals surface area (Å²) in [6.07, 6.45) is 1.66. The van der Waals surface area contributed by atoms with E-state index in [4.69, 9.17) is 0 Å². The van der Waals surface area contributed by atoms with Crippen molar-refractivity contribution in [1.82, 2.24) is 29.6 Å². The maximum Gasteiger partial charge on any atom is 0.270 e. The molecule has 0 saturated carbocycles. The molecular weight excluding hydrogens is 392 g/mol. The standard InChI is InChI=1S/C19H20N6OS2/c1-3-25-15-7-5-4-6-13(15)10-16(25)18-22-14(11-28-18)17(26)20-8-9-27-19-23-21-12-24(19)2/h4-7,10-12H,3,8-9H2,1-2H3,(H,20,26). The minimum absolute atomic E-state index is 0.153. The Hall–Kier alpha value is -2.65. The van der Waals surface area contributed by atoms with Crippen LogP contribution in [0.5, 0.6) is 0 Å². The van der Waals surface area contributed by atoms with E-state index in [1.807, 2.05) is 29.1 Å². The number of carbonyl (C=O) groups is 1. The topological polar surface area (TPSA) is 77.6 Å². The Morgan fingerprint density at radius 3 is 2.96 bits per heavy atom.